The highest BCUT2D eigenvalue weighted by Crippen LogP contribution is 2.28. The summed E-state index contributed by atoms with van der Waals surface area (Å²) in [7, 11) is 0. The van der Waals surface area contributed by atoms with Gasteiger partial charge in [0.1, 0.15) is 5.82 Å². The zero-order chi connectivity index (χ0) is 20.9. The van der Waals surface area contributed by atoms with Crippen LogP contribution in [0.15, 0.2) is 69.4 Å². The van der Waals surface area contributed by atoms with Crippen LogP contribution in [0.25, 0.3) is 11.3 Å². The molecule has 0 amide bonds. The molecule has 0 atom stereocenters. The van der Waals surface area contributed by atoms with E-state index in [0.717, 1.165) is 15.6 Å². The summed E-state index contributed by atoms with van der Waals surface area (Å²) in [6.45, 7) is 1.87. The molecule has 30 heavy (non-hydrogen) atoms. The number of nitrogens with zero attached hydrogens (tertiary/aromatic N) is 2. The molecule has 0 aliphatic heterocycles. The molecule has 0 saturated carbocycles. The summed E-state index contributed by atoms with van der Waals surface area (Å²) >= 11 is 3.14. The van der Waals surface area contributed by atoms with Crippen LogP contribution in [-0.2, 0) is 17.1 Å². The van der Waals surface area contributed by atoms with E-state index in [2.05, 4.69) is 9.97 Å². The monoisotopic (exact) mass is 440 g/mol. The van der Waals surface area contributed by atoms with E-state index in [-0.39, 0.29) is 18.3 Å². The average molecular weight is 441 g/mol. The van der Waals surface area contributed by atoms with Crippen LogP contribution in [0.5, 0.6) is 0 Å². The molecule has 0 aliphatic rings. The molecule has 4 aromatic rings. The van der Waals surface area contributed by atoms with Gasteiger partial charge < -0.3 is 9.15 Å². The van der Waals surface area contributed by atoms with Crippen LogP contribution < -0.4 is 0 Å². The zero-order valence-electron chi connectivity index (χ0n) is 16.0. The number of thiazole rings is 1. The second-order valence-corrected chi connectivity index (χ2v) is 8.42. The van der Waals surface area contributed by atoms with Crippen molar-refractivity contribution in [2.75, 3.05) is 0 Å². The SMILES string of the molecule is Cc1nc(CSc2ccccc2C(=O)OCc2ncc(-c3ccc(F)cc3)o2)cs1. The highest BCUT2D eigenvalue weighted by molar-refractivity contribution is 7.98. The Morgan fingerprint density at radius 3 is 2.77 bits per heavy atom. The normalized spacial score (nSPS) is 10.9. The summed E-state index contributed by atoms with van der Waals surface area (Å²) in [5, 5.41) is 3.04. The molecule has 0 bridgehead atoms. The largest absolute Gasteiger partial charge is 0.452 e. The molecule has 0 radical (unpaired) electrons. The van der Waals surface area contributed by atoms with Crippen molar-refractivity contribution >= 4 is 29.1 Å². The van der Waals surface area contributed by atoms with E-state index < -0.39 is 5.97 Å². The molecule has 2 aromatic carbocycles. The van der Waals surface area contributed by atoms with E-state index in [1.54, 1.807) is 35.6 Å². The highest BCUT2D eigenvalue weighted by Gasteiger charge is 2.15. The third kappa shape index (κ3) is 4.95. The minimum Gasteiger partial charge on any atom is -0.452 e. The highest BCUT2D eigenvalue weighted by atomic mass is 32.2. The summed E-state index contributed by atoms with van der Waals surface area (Å²) in [5.74, 6) is 0.652. The number of hydrogen-bond donors (Lipinski definition) is 0. The van der Waals surface area contributed by atoms with Gasteiger partial charge in [-0.15, -0.1) is 23.1 Å². The van der Waals surface area contributed by atoms with Gasteiger partial charge >= 0.3 is 5.97 Å². The van der Waals surface area contributed by atoms with Gasteiger partial charge in [-0.25, -0.2) is 19.2 Å². The number of benzene rings is 2. The Balaban J connectivity index is 1.39. The molecular weight excluding hydrogens is 423 g/mol. The van der Waals surface area contributed by atoms with Gasteiger partial charge in [-0.05, 0) is 43.3 Å². The number of aryl methyl sites for hydroxylation is 1. The molecule has 4 rings (SSSR count). The van der Waals surface area contributed by atoms with Gasteiger partial charge in [0.25, 0.3) is 0 Å². The fraction of sp³-hybridized carbons (Fsp3) is 0.136. The number of carbonyl (C=O) groups is 1. The lowest BCUT2D eigenvalue weighted by molar-refractivity contribution is 0.0435. The zero-order valence-corrected chi connectivity index (χ0v) is 17.6. The maximum Gasteiger partial charge on any atom is 0.339 e. The molecule has 152 valence electrons. The first-order valence-electron chi connectivity index (χ1n) is 9.09. The summed E-state index contributed by atoms with van der Waals surface area (Å²) in [4.78, 5) is 22.0. The Bertz CT molecular complexity index is 1160. The van der Waals surface area contributed by atoms with Gasteiger partial charge in [0, 0.05) is 21.6 Å². The first kappa shape index (κ1) is 20.3. The second kappa shape index (κ2) is 9.23. The maximum atomic E-state index is 13.1. The third-order valence-electron chi connectivity index (χ3n) is 4.16. The number of thioether (sulfide) groups is 1. The quantitative estimate of drug-likeness (QED) is 0.264. The first-order chi connectivity index (χ1) is 14.6. The predicted molar refractivity (Wildman–Crippen MR) is 114 cm³/mol. The molecule has 8 heteroatoms. The number of aromatic nitrogens is 2. The topological polar surface area (TPSA) is 65.2 Å². The predicted octanol–water partition coefficient (Wildman–Crippen LogP) is 5.89. The minimum absolute atomic E-state index is 0.0929. The van der Waals surface area contributed by atoms with E-state index >= 15 is 0 Å². The van der Waals surface area contributed by atoms with Crippen LogP contribution in [-0.4, -0.2) is 15.9 Å². The van der Waals surface area contributed by atoms with Crippen molar-refractivity contribution < 1.29 is 18.3 Å². The molecule has 0 aliphatic carbocycles. The molecule has 0 fully saturated rings. The van der Waals surface area contributed by atoms with Crippen molar-refractivity contribution in [1.29, 1.82) is 0 Å². The lowest BCUT2D eigenvalue weighted by Crippen LogP contribution is -2.06. The van der Waals surface area contributed by atoms with E-state index in [9.17, 15) is 9.18 Å². The number of ether oxygens (including phenoxy) is 1. The fourth-order valence-electron chi connectivity index (χ4n) is 2.72. The summed E-state index contributed by atoms with van der Waals surface area (Å²) < 4.78 is 24.1. The van der Waals surface area contributed by atoms with Crippen molar-refractivity contribution in [3.63, 3.8) is 0 Å². The van der Waals surface area contributed by atoms with Crippen LogP contribution in [0, 0.1) is 12.7 Å². The Labute approximate surface area is 181 Å². The molecule has 0 saturated heterocycles. The van der Waals surface area contributed by atoms with Gasteiger partial charge in [-0.2, -0.15) is 0 Å². The molecule has 0 N–H and O–H groups in total. The second-order valence-electron chi connectivity index (χ2n) is 6.34. The van der Waals surface area contributed by atoms with E-state index in [0.29, 0.717) is 22.6 Å². The molecule has 2 aromatic heterocycles. The lowest BCUT2D eigenvalue weighted by Gasteiger charge is -2.08. The lowest BCUT2D eigenvalue weighted by atomic mass is 10.2. The fourth-order valence-corrected chi connectivity index (χ4v) is 4.37. The van der Waals surface area contributed by atoms with Crippen LogP contribution in [0.4, 0.5) is 4.39 Å². The van der Waals surface area contributed by atoms with Crippen LogP contribution >= 0.6 is 23.1 Å². The molecule has 0 spiro atoms. The van der Waals surface area contributed by atoms with Gasteiger partial charge in [0.15, 0.2) is 12.4 Å². The number of rotatable bonds is 7. The van der Waals surface area contributed by atoms with Crippen LogP contribution in [0.2, 0.25) is 0 Å². The molecular formula is C22H17FN2O3S2. The van der Waals surface area contributed by atoms with E-state index in [4.69, 9.17) is 9.15 Å². The van der Waals surface area contributed by atoms with Gasteiger partial charge in [-0.1, -0.05) is 12.1 Å². The van der Waals surface area contributed by atoms with Crippen molar-refractivity contribution in [2.45, 2.75) is 24.2 Å². The van der Waals surface area contributed by atoms with E-state index in [1.807, 2.05) is 24.4 Å². The molecule has 0 unspecified atom stereocenters. The van der Waals surface area contributed by atoms with Crippen molar-refractivity contribution in [3.05, 3.63) is 88.1 Å². The summed E-state index contributed by atoms with van der Waals surface area (Å²) in [5.41, 5.74) is 2.17. The minimum atomic E-state index is -0.450. The smallest absolute Gasteiger partial charge is 0.339 e. The number of halogens is 1. The first-order valence-corrected chi connectivity index (χ1v) is 11.0. The molecule has 2 heterocycles. The molecule has 5 nitrogen and oxygen atoms in total. The third-order valence-corrected chi connectivity index (χ3v) is 6.09. The summed E-state index contributed by atoms with van der Waals surface area (Å²) in [6.07, 6.45) is 1.52. The van der Waals surface area contributed by atoms with Crippen molar-refractivity contribution in [3.8, 4) is 11.3 Å². The van der Waals surface area contributed by atoms with Crippen molar-refractivity contribution in [2.24, 2.45) is 0 Å². The Morgan fingerprint density at radius 2 is 2.00 bits per heavy atom. The number of hydrogen-bond acceptors (Lipinski definition) is 7. The van der Waals surface area contributed by atoms with Gasteiger partial charge in [-0.3, -0.25) is 0 Å². The maximum absolute atomic E-state index is 13.1. The van der Waals surface area contributed by atoms with Crippen LogP contribution in [0.3, 0.4) is 0 Å². The Morgan fingerprint density at radius 1 is 1.20 bits per heavy atom. The average Bonchev–Trinajstić information content (AvgIpc) is 3.40. The Kier molecular flexibility index (Phi) is 6.25. The van der Waals surface area contributed by atoms with Gasteiger partial charge in [0.2, 0.25) is 5.89 Å². The Hall–Kier alpha value is -2.97. The standard InChI is InChI=1S/C22H17FN2O3S2/c1-14-25-17(12-29-14)13-30-20-5-3-2-4-18(20)22(26)27-11-21-24-10-19(28-21)15-6-8-16(23)9-7-15/h2-10,12H,11,13H2,1H3. The van der Waals surface area contributed by atoms with E-state index in [1.165, 1.54) is 30.1 Å². The van der Waals surface area contributed by atoms with Gasteiger partial charge in [0.05, 0.1) is 22.5 Å². The van der Waals surface area contributed by atoms with Crippen LogP contribution in [0.1, 0.15) is 27.0 Å². The number of oxazole rings is 1. The van der Waals surface area contributed by atoms with Crippen molar-refractivity contribution in [1.82, 2.24) is 9.97 Å². The number of esters is 1. The number of carbonyl (C=O) groups excluding carboxylic acids is 1. The summed E-state index contributed by atoms with van der Waals surface area (Å²) in [6, 6.07) is 13.2.